The third-order valence-electron chi connectivity index (χ3n) is 13.2. The number of unbranched alkanes of at least 4 members (excludes halogenated alkanes) is 21. The van der Waals surface area contributed by atoms with Gasteiger partial charge in [-0.2, -0.15) is 0 Å². The molecule has 0 radical (unpaired) electrons. The summed E-state index contributed by atoms with van der Waals surface area (Å²) in [5.74, 6) is 1.55. The SMILES string of the molecule is CCCCCCC(CCCCCC)CCCOC(=O)CCCCCCCN(CCCCCCCC(=O)OCCCC(CCCCCC)CCCCCC)CCCCNC(=O)OC(C)(C)C. The number of rotatable bonds is 49. The number of carbonyl (C=O) groups is 3. The lowest BCUT2D eigenvalue weighted by Crippen LogP contribution is -2.33. The predicted molar refractivity (Wildman–Crippen MR) is 278 cm³/mol. The number of hydrogen-bond donors (Lipinski definition) is 1. The predicted octanol–water partition coefficient (Wildman–Crippen LogP) is 17.0. The van der Waals surface area contributed by atoms with Gasteiger partial charge < -0.3 is 24.4 Å². The molecule has 0 aliphatic heterocycles. The first kappa shape index (κ1) is 63.2. The smallest absolute Gasteiger partial charge is 0.407 e. The molecule has 0 fully saturated rings. The summed E-state index contributed by atoms with van der Waals surface area (Å²) in [5.41, 5.74) is -0.485. The van der Waals surface area contributed by atoms with Crippen molar-refractivity contribution in [1.29, 1.82) is 0 Å². The summed E-state index contributed by atoms with van der Waals surface area (Å²) in [6.07, 6.45) is 44.8. The Labute approximate surface area is 404 Å². The number of nitrogens with zero attached hydrogens (tertiary/aromatic N) is 1. The molecule has 65 heavy (non-hydrogen) atoms. The van der Waals surface area contributed by atoms with Crippen molar-refractivity contribution in [2.75, 3.05) is 39.4 Å². The molecule has 0 spiro atoms. The van der Waals surface area contributed by atoms with Crippen LogP contribution in [-0.4, -0.2) is 67.9 Å². The molecular weight excluding hydrogens is 809 g/mol. The number of amides is 1. The van der Waals surface area contributed by atoms with Gasteiger partial charge in [-0.05, 0) is 116 Å². The van der Waals surface area contributed by atoms with Crippen LogP contribution in [0.4, 0.5) is 4.79 Å². The summed E-state index contributed by atoms with van der Waals surface area (Å²) in [6.45, 7) is 19.8. The minimum atomic E-state index is -0.485. The third-order valence-corrected chi connectivity index (χ3v) is 13.2. The van der Waals surface area contributed by atoms with Gasteiger partial charge in [-0.25, -0.2) is 4.79 Å². The van der Waals surface area contributed by atoms with Crippen LogP contribution in [0.15, 0.2) is 0 Å². The van der Waals surface area contributed by atoms with E-state index in [1.807, 2.05) is 20.8 Å². The minimum Gasteiger partial charge on any atom is -0.466 e. The highest BCUT2D eigenvalue weighted by Gasteiger charge is 2.16. The van der Waals surface area contributed by atoms with Crippen LogP contribution in [0.2, 0.25) is 0 Å². The van der Waals surface area contributed by atoms with Crippen LogP contribution >= 0.6 is 0 Å². The van der Waals surface area contributed by atoms with Crippen LogP contribution < -0.4 is 5.32 Å². The molecule has 386 valence electrons. The molecule has 0 atom stereocenters. The van der Waals surface area contributed by atoms with Gasteiger partial charge in [-0.15, -0.1) is 0 Å². The number of nitrogens with one attached hydrogen (secondary N) is 1. The summed E-state index contributed by atoms with van der Waals surface area (Å²) in [7, 11) is 0. The van der Waals surface area contributed by atoms with Crippen molar-refractivity contribution in [2.24, 2.45) is 11.8 Å². The molecule has 1 N–H and O–H groups in total. The van der Waals surface area contributed by atoms with E-state index < -0.39 is 5.60 Å². The standard InChI is InChI=1S/C57H112N2O6/c1-8-12-16-26-38-52(39-27-17-13-9-2)42-36-50-63-54(60)44-30-22-20-24-33-47-59(49-35-32-46-58-56(62)65-57(5,6)7)48-34-25-21-23-31-45-55(61)64-51-37-43-53(40-28-18-14-10-3)41-29-19-15-11-4/h52-53H,8-51H2,1-7H3,(H,58,62). The lowest BCUT2D eigenvalue weighted by molar-refractivity contribution is -0.144. The van der Waals surface area contributed by atoms with Crippen LogP contribution in [-0.2, 0) is 23.8 Å². The third kappa shape index (κ3) is 47.0. The summed E-state index contributed by atoms with van der Waals surface area (Å²) < 4.78 is 16.7. The van der Waals surface area contributed by atoms with Gasteiger partial charge in [0.15, 0.2) is 0 Å². The van der Waals surface area contributed by atoms with Crippen LogP contribution in [0.5, 0.6) is 0 Å². The normalized spacial score (nSPS) is 11.8. The average Bonchev–Trinajstić information content (AvgIpc) is 3.27. The van der Waals surface area contributed by atoms with Gasteiger partial charge in [-0.3, -0.25) is 9.59 Å². The first-order valence-corrected chi connectivity index (χ1v) is 28.5. The van der Waals surface area contributed by atoms with Gasteiger partial charge in [-0.1, -0.05) is 195 Å². The summed E-state index contributed by atoms with van der Waals surface area (Å²) >= 11 is 0. The molecule has 0 unspecified atom stereocenters. The van der Waals surface area contributed by atoms with Gasteiger partial charge in [0.05, 0.1) is 13.2 Å². The Bertz CT molecular complexity index is 961. The minimum absolute atomic E-state index is 0.0184. The first-order chi connectivity index (χ1) is 31.5. The Morgan fingerprint density at radius 2 is 0.738 bits per heavy atom. The molecule has 8 heteroatoms. The zero-order valence-corrected chi connectivity index (χ0v) is 44.7. The van der Waals surface area contributed by atoms with Crippen molar-refractivity contribution < 1.29 is 28.6 Å². The first-order valence-electron chi connectivity index (χ1n) is 28.5. The number of esters is 2. The van der Waals surface area contributed by atoms with Crippen LogP contribution in [0, 0.1) is 11.8 Å². The molecule has 0 aliphatic carbocycles. The largest absolute Gasteiger partial charge is 0.466 e. The van der Waals surface area contributed by atoms with Crippen LogP contribution in [0.3, 0.4) is 0 Å². The second kappa shape index (κ2) is 47.2. The maximum absolute atomic E-state index is 12.5. The van der Waals surface area contributed by atoms with Crippen LogP contribution in [0.25, 0.3) is 0 Å². The number of alkyl carbamates (subject to hydrolysis) is 1. The molecule has 0 saturated carbocycles. The summed E-state index contributed by atoms with van der Waals surface area (Å²) in [6, 6.07) is 0. The van der Waals surface area contributed by atoms with Crippen molar-refractivity contribution in [3.05, 3.63) is 0 Å². The van der Waals surface area contributed by atoms with Gasteiger partial charge in [0.2, 0.25) is 0 Å². The van der Waals surface area contributed by atoms with E-state index in [0.29, 0.717) is 32.6 Å². The molecule has 0 bridgehead atoms. The lowest BCUT2D eigenvalue weighted by atomic mass is 9.91. The zero-order valence-electron chi connectivity index (χ0n) is 44.7. The Balaban J connectivity index is 4.45. The molecule has 8 nitrogen and oxygen atoms in total. The maximum atomic E-state index is 12.5. The molecule has 0 aliphatic rings. The maximum Gasteiger partial charge on any atom is 0.407 e. The molecular formula is C57H112N2O6. The number of carbonyl (C=O) groups excluding carboxylic acids is 3. The Morgan fingerprint density at radius 1 is 0.415 bits per heavy atom. The Hall–Kier alpha value is -1.83. The van der Waals surface area contributed by atoms with Crippen molar-refractivity contribution >= 4 is 18.0 Å². The topological polar surface area (TPSA) is 94.2 Å². The molecule has 0 saturated heterocycles. The van der Waals surface area contributed by atoms with Crippen molar-refractivity contribution in [2.45, 2.75) is 298 Å². The average molecular weight is 922 g/mol. The summed E-state index contributed by atoms with van der Waals surface area (Å²) in [5, 5.41) is 2.90. The molecule has 0 rings (SSSR count). The van der Waals surface area contributed by atoms with E-state index >= 15 is 0 Å². The van der Waals surface area contributed by atoms with E-state index in [0.717, 1.165) is 95.7 Å². The second-order valence-electron chi connectivity index (χ2n) is 20.9. The fraction of sp³-hybridized carbons (Fsp3) is 0.947. The lowest BCUT2D eigenvalue weighted by Gasteiger charge is -2.23. The fourth-order valence-electron chi connectivity index (χ4n) is 9.14. The van der Waals surface area contributed by atoms with E-state index in [4.69, 9.17) is 14.2 Å². The molecule has 0 aromatic carbocycles. The highest BCUT2D eigenvalue weighted by molar-refractivity contribution is 5.69. The Morgan fingerprint density at radius 3 is 1.11 bits per heavy atom. The molecule has 0 aromatic rings. The van der Waals surface area contributed by atoms with Gasteiger partial charge in [0.1, 0.15) is 5.60 Å². The van der Waals surface area contributed by atoms with E-state index in [9.17, 15) is 14.4 Å². The fourth-order valence-corrected chi connectivity index (χ4v) is 9.14. The van der Waals surface area contributed by atoms with Crippen LogP contribution in [0.1, 0.15) is 292 Å². The number of ether oxygens (including phenoxy) is 3. The van der Waals surface area contributed by atoms with E-state index in [-0.39, 0.29) is 18.0 Å². The highest BCUT2D eigenvalue weighted by Crippen LogP contribution is 2.25. The van der Waals surface area contributed by atoms with Crippen molar-refractivity contribution in [3.63, 3.8) is 0 Å². The molecule has 0 aromatic heterocycles. The van der Waals surface area contributed by atoms with E-state index in [2.05, 4.69) is 37.9 Å². The van der Waals surface area contributed by atoms with Crippen molar-refractivity contribution in [3.8, 4) is 0 Å². The monoisotopic (exact) mass is 921 g/mol. The van der Waals surface area contributed by atoms with E-state index in [1.165, 1.54) is 167 Å². The van der Waals surface area contributed by atoms with Crippen molar-refractivity contribution in [1.82, 2.24) is 10.2 Å². The molecule has 0 heterocycles. The molecule has 1 amide bonds. The van der Waals surface area contributed by atoms with E-state index in [1.54, 1.807) is 0 Å². The second-order valence-corrected chi connectivity index (χ2v) is 20.9. The Kier molecular flexibility index (Phi) is 45.9. The number of hydrogen-bond acceptors (Lipinski definition) is 7. The quantitative estimate of drug-likeness (QED) is 0.0369. The van der Waals surface area contributed by atoms with Gasteiger partial charge in [0.25, 0.3) is 0 Å². The van der Waals surface area contributed by atoms with Gasteiger partial charge >= 0.3 is 18.0 Å². The zero-order chi connectivity index (χ0) is 47.9. The highest BCUT2D eigenvalue weighted by atomic mass is 16.6. The van der Waals surface area contributed by atoms with Gasteiger partial charge in [0, 0.05) is 19.4 Å². The summed E-state index contributed by atoms with van der Waals surface area (Å²) in [4.78, 5) is 39.6.